The topological polar surface area (TPSA) is 331 Å². The molecule has 0 saturated carbocycles. The summed E-state index contributed by atoms with van der Waals surface area (Å²) in [5.74, 6) is -3.06. The Kier molecular flexibility index (Phi) is 9.85. The minimum absolute atomic E-state index is 0.670. The van der Waals surface area contributed by atoms with E-state index in [4.69, 9.17) is 9.47 Å². The average molecular weight is 618 g/mol. The fraction of sp³-hybridized carbons (Fsp3) is 0.647. The number of ether oxygens (including phenoxy) is 2. The summed E-state index contributed by atoms with van der Waals surface area (Å²) >= 11 is 0. The van der Waals surface area contributed by atoms with Gasteiger partial charge < -0.3 is 59.4 Å². The lowest BCUT2D eigenvalue weighted by Gasteiger charge is -2.44. The molecule has 1 amide bonds. The Balaban J connectivity index is 1.68. The number of carbonyl (C=O) groups is 2. The molecule has 2 aliphatic heterocycles. The van der Waals surface area contributed by atoms with Gasteiger partial charge in [0.25, 0.3) is 21.2 Å². The monoisotopic (exact) mass is 618 g/mol. The van der Waals surface area contributed by atoms with E-state index in [-0.39, 0.29) is 0 Å². The van der Waals surface area contributed by atoms with E-state index in [9.17, 15) is 63.6 Å². The number of amides is 1. The Morgan fingerprint density at radius 2 is 1.73 bits per heavy atom. The Labute approximate surface area is 221 Å². The van der Waals surface area contributed by atoms with Gasteiger partial charge in [0.05, 0.1) is 12.6 Å². The molecule has 226 valence electrons. The maximum absolute atomic E-state index is 12.3. The molecular formula is C17H22N3O18P2-3. The molecule has 23 heteroatoms. The van der Waals surface area contributed by atoms with E-state index in [1.807, 2.05) is 10.3 Å². The third-order valence-corrected chi connectivity index (χ3v) is 8.03. The first-order valence-electron chi connectivity index (χ1n) is 10.9. The third kappa shape index (κ3) is 7.47. The van der Waals surface area contributed by atoms with E-state index in [1.54, 1.807) is 0 Å². The summed E-state index contributed by atoms with van der Waals surface area (Å²) in [6.45, 7) is -0.289. The lowest BCUT2D eigenvalue weighted by molar-refractivity contribution is -0.340. The lowest BCUT2D eigenvalue weighted by Crippen LogP contribution is -2.66. The summed E-state index contributed by atoms with van der Waals surface area (Å²) in [6, 6.07) is -1.06. The van der Waals surface area contributed by atoms with E-state index in [2.05, 4.69) is 13.4 Å². The number of rotatable bonds is 10. The van der Waals surface area contributed by atoms with E-state index in [0.717, 1.165) is 19.2 Å². The number of aromatic amines is 1. The fourth-order valence-electron chi connectivity index (χ4n) is 3.72. The van der Waals surface area contributed by atoms with Crippen molar-refractivity contribution in [3.63, 3.8) is 0 Å². The van der Waals surface area contributed by atoms with Crippen LogP contribution in [0.1, 0.15) is 13.2 Å². The minimum Gasteiger partial charge on any atom is -0.756 e. The maximum Gasteiger partial charge on any atom is 0.330 e. The molecule has 2 fully saturated rings. The van der Waals surface area contributed by atoms with Crippen molar-refractivity contribution >= 4 is 27.5 Å². The molecular weight excluding hydrogens is 596 g/mol. The van der Waals surface area contributed by atoms with Crippen molar-refractivity contribution in [2.24, 2.45) is 0 Å². The van der Waals surface area contributed by atoms with Gasteiger partial charge in [-0.15, -0.1) is 0 Å². The molecule has 2 unspecified atom stereocenters. The van der Waals surface area contributed by atoms with Crippen LogP contribution in [0.15, 0.2) is 21.9 Å². The number of hydrogen-bond donors (Lipinski definition) is 6. The fourth-order valence-corrected chi connectivity index (χ4v) is 5.80. The predicted octanol–water partition coefficient (Wildman–Crippen LogP) is -7.16. The molecule has 1 aromatic heterocycles. The number of carboxylic acids is 1. The zero-order valence-corrected chi connectivity index (χ0v) is 21.7. The Morgan fingerprint density at radius 3 is 2.30 bits per heavy atom. The molecule has 2 saturated heterocycles. The van der Waals surface area contributed by atoms with Crippen LogP contribution in [0.25, 0.3) is 0 Å². The average Bonchev–Trinajstić information content (AvgIpc) is 3.09. The van der Waals surface area contributed by atoms with Gasteiger partial charge in [-0.25, -0.2) is 9.11 Å². The molecule has 0 aliphatic carbocycles. The van der Waals surface area contributed by atoms with Gasteiger partial charge in [-0.1, -0.05) is 0 Å². The predicted molar refractivity (Wildman–Crippen MR) is 114 cm³/mol. The molecule has 21 nitrogen and oxygen atoms in total. The zero-order chi connectivity index (χ0) is 30.2. The zero-order valence-electron chi connectivity index (χ0n) is 19.9. The summed E-state index contributed by atoms with van der Waals surface area (Å²) in [6.07, 6.45) is -15.4. The van der Waals surface area contributed by atoms with Gasteiger partial charge in [0.15, 0.2) is 12.5 Å². The summed E-state index contributed by atoms with van der Waals surface area (Å²) in [5.41, 5.74) is -1.83. The van der Waals surface area contributed by atoms with Gasteiger partial charge in [-0.05, 0) is 0 Å². The standard InChI is InChI=1S/C17H25N3O18P2/c1-5(21)18-8-10(24)11(25)13(15(27)28)36-16(8)37-40(32,33)38-39(30,31)34-4-6-9(23)12(26)14(35-6)20-3-2-7(22)19-17(20)29/h2-3,6,8-14,16,23-26H,4H2,1H3,(H,18,21)(H,27,28)(H,30,31)(H,32,33)(H,19,22,29)/p-3/t6-,8+,9-,10-,11+,12-,13+,14-,16-/m1/s1. The number of H-pyrrole nitrogens is 1. The van der Waals surface area contributed by atoms with Gasteiger partial charge in [0.2, 0.25) is 5.91 Å². The van der Waals surface area contributed by atoms with Crippen molar-refractivity contribution in [3.8, 4) is 0 Å². The summed E-state index contributed by atoms with van der Waals surface area (Å²) in [4.78, 5) is 72.0. The number of aliphatic carboxylic acids is 1. The Morgan fingerprint density at radius 1 is 1.07 bits per heavy atom. The van der Waals surface area contributed by atoms with Crippen LogP contribution >= 0.6 is 15.6 Å². The first-order valence-corrected chi connectivity index (χ1v) is 13.8. The number of phosphoric acid groups is 2. The van der Waals surface area contributed by atoms with Crippen molar-refractivity contribution in [2.75, 3.05) is 6.61 Å². The maximum atomic E-state index is 12.3. The quantitative estimate of drug-likeness (QED) is 0.133. The molecule has 2 aliphatic rings. The van der Waals surface area contributed by atoms with E-state index in [1.165, 1.54) is 0 Å². The van der Waals surface area contributed by atoms with Crippen LogP contribution in [0, 0.1) is 0 Å². The lowest BCUT2D eigenvalue weighted by atomic mass is 9.97. The van der Waals surface area contributed by atoms with Crippen molar-refractivity contribution in [1.82, 2.24) is 14.9 Å². The molecule has 40 heavy (non-hydrogen) atoms. The molecule has 0 spiro atoms. The Bertz CT molecular complexity index is 1320. The number of nitrogens with zero attached hydrogens (tertiary/aromatic N) is 1. The van der Waals surface area contributed by atoms with Crippen molar-refractivity contribution < 1.29 is 76.9 Å². The number of nitrogens with one attached hydrogen (secondary N) is 2. The van der Waals surface area contributed by atoms with Crippen molar-refractivity contribution in [3.05, 3.63) is 33.1 Å². The summed E-state index contributed by atoms with van der Waals surface area (Å²) in [7, 11) is -12.0. The second kappa shape index (κ2) is 12.2. The van der Waals surface area contributed by atoms with Crippen LogP contribution in [0.5, 0.6) is 0 Å². The van der Waals surface area contributed by atoms with Gasteiger partial charge in [-0.3, -0.25) is 32.8 Å². The molecule has 6 N–H and O–H groups in total. The van der Waals surface area contributed by atoms with Gasteiger partial charge in [0, 0.05) is 19.2 Å². The molecule has 3 rings (SSSR count). The molecule has 0 radical (unpaired) electrons. The van der Waals surface area contributed by atoms with E-state index < -0.39 is 101 Å². The normalized spacial score (nSPS) is 35.4. The van der Waals surface area contributed by atoms with Crippen LogP contribution in [-0.2, 0) is 41.6 Å². The summed E-state index contributed by atoms with van der Waals surface area (Å²) in [5, 5.41) is 53.3. The molecule has 3 heterocycles. The number of carboxylic acid groups (broad SMARTS) is 1. The number of aliphatic hydroxyl groups excluding tert-OH is 4. The largest absolute Gasteiger partial charge is 0.756 e. The van der Waals surface area contributed by atoms with Gasteiger partial charge >= 0.3 is 5.69 Å². The van der Waals surface area contributed by atoms with Crippen LogP contribution < -0.4 is 31.5 Å². The van der Waals surface area contributed by atoms with Crippen LogP contribution in [0.3, 0.4) is 0 Å². The van der Waals surface area contributed by atoms with Crippen molar-refractivity contribution in [1.29, 1.82) is 0 Å². The highest BCUT2D eigenvalue weighted by Gasteiger charge is 2.48. The van der Waals surface area contributed by atoms with Crippen LogP contribution in [0.2, 0.25) is 0 Å². The Hall–Kier alpha value is -2.36. The number of phosphoric ester groups is 2. The molecule has 0 bridgehead atoms. The minimum atomic E-state index is -6.09. The highest BCUT2D eigenvalue weighted by Crippen LogP contribution is 2.57. The molecule has 1 aromatic rings. The second-order valence-electron chi connectivity index (χ2n) is 8.39. The third-order valence-electron chi connectivity index (χ3n) is 5.50. The summed E-state index contributed by atoms with van der Waals surface area (Å²) < 4.78 is 47.6. The SMILES string of the molecule is CC(=O)N[C@@H]1[C@@H](OP(=O)([O-])OP(=O)([O-])OC[C@H]2O[C@@H](n3ccc(=O)[nH]c3=O)[C@H](O)[C@@H]2O)O[C@H](C(=O)[O-])[C@@H](O)[C@@H]1O. The van der Waals surface area contributed by atoms with E-state index in [0.29, 0.717) is 4.57 Å². The molecule has 11 atom stereocenters. The van der Waals surface area contributed by atoms with E-state index >= 15 is 0 Å². The highest BCUT2D eigenvalue weighted by atomic mass is 31.3. The smallest absolute Gasteiger partial charge is 0.330 e. The number of aliphatic hydroxyl groups is 4. The number of carbonyl (C=O) groups excluding carboxylic acids is 2. The van der Waals surface area contributed by atoms with Gasteiger partial charge in [-0.2, -0.15) is 0 Å². The van der Waals surface area contributed by atoms with Crippen LogP contribution in [0.4, 0.5) is 0 Å². The number of hydrogen-bond acceptors (Lipinski definition) is 18. The molecule has 0 aromatic carbocycles. The first kappa shape index (κ1) is 32.2. The van der Waals surface area contributed by atoms with Gasteiger partial charge in [0.1, 0.15) is 42.7 Å². The number of aromatic nitrogens is 2. The van der Waals surface area contributed by atoms with Crippen LogP contribution in [-0.4, -0.2) is 97.4 Å². The second-order valence-corrected chi connectivity index (χ2v) is 11.3. The first-order chi connectivity index (χ1) is 18.4. The van der Waals surface area contributed by atoms with Crippen molar-refractivity contribution in [2.45, 2.75) is 62.1 Å². The highest BCUT2D eigenvalue weighted by molar-refractivity contribution is 7.59.